The largest absolute Gasteiger partial charge is 0.497 e. The van der Waals surface area contributed by atoms with Gasteiger partial charge in [-0.05, 0) is 36.2 Å². The normalized spacial score (nSPS) is 10.5. The van der Waals surface area contributed by atoms with Gasteiger partial charge in [0.2, 0.25) is 11.8 Å². The predicted molar refractivity (Wildman–Crippen MR) is 124 cm³/mol. The number of hydrogen-bond acceptors (Lipinski definition) is 3. The van der Waals surface area contributed by atoms with Crippen LogP contribution in [0.15, 0.2) is 78.9 Å². The Kier molecular flexibility index (Phi) is 10.1. The van der Waals surface area contributed by atoms with Crippen molar-refractivity contribution in [3.05, 3.63) is 101 Å². The van der Waals surface area contributed by atoms with Gasteiger partial charge in [0.15, 0.2) is 0 Å². The molecule has 2 N–H and O–H groups in total. The number of methoxy groups -OCH3 is 1. The van der Waals surface area contributed by atoms with Crippen LogP contribution in [0.4, 0.5) is 13.2 Å². The maximum Gasteiger partial charge on any atom is 0.416 e. The van der Waals surface area contributed by atoms with Crippen molar-refractivity contribution in [3.8, 4) is 5.75 Å². The fourth-order valence-corrected chi connectivity index (χ4v) is 2.85. The van der Waals surface area contributed by atoms with Crippen LogP contribution in [-0.4, -0.2) is 25.5 Å². The maximum absolute atomic E-state index is 12.0. The third kappa shape index (κ3) is 9.77. The van der Waals surface area contributed by atoms with Gasteiger partial charge in [-0.15, -0.1) is 0 Å². The van der Waals surface area contributed by atoms with Crippen LogP contribution in [0.3, 0.4) is 0 Å². The minimum absolute atomic E-state index is 0.0260. The van der Waals surface area contributed by atoms with Crippen LogP contribution in [0.2, 0.25) is 0 Å². The molecule has 0 radical (unpaired) electrons. The molecule has 0 heterocycles. The minimum Gasteiger partial charge on any atom is -0.497 e. The van der Waals surface area contributed by atoms with Gasteiger partial charge >= 0.3 is 6.18 Å². The Bertz CT molecular complexity index is 1050. The van der Waals surface area contributed by atoms with E-state index in [1.165, 1.54) is 6.07 Å². The second kappa shape index (κ2) is 13.0. The molecule has 8 heteroatoms. The summed E-state index contributed by atoms with van der Waals surface area (Å²) < 4.78 is 41.0. The van der Waals surface area contributed by atoms with Crippen molar-refractivity contribution in [1.29, 1.82) is 0 Å². The van der Waals surface area contributed by atoms with E-state index < -0.39 is 11.7 Å². The van der Waals surface area contributed by atoms with Crippen LogP contribution in [0.1, 0.15) is 22.3 Å². The molecule has 3 aromatic rings. The molecule has 34 heavy (non-hydrogen) atoms. The molecule has 0 unspecified atom stereocenters. The summed E-state index contributed by atoms with van der Waals surface area (Å²) in [6, 6.07) is 22.1. The first kappa shape index (κ1) is 26.4. The number of nitrogens with one attached hydrogen (secondary N) is 2. The summed E-state index contributed by atoms with van der Waals surface area (Å²) in [5, 5.41) is 5.38. The van der Waals surface area contributed by atoms with E-state index in [9.17, 15) is 22.8 Å². The van der Waals surface area contributed by atoms with E-state index in [2.05, 4.69) is 10.6 Å². The van der Waals surface area contributed by atoms with E-state index in [1.54, 1.807) is 32.2 Å². The summed E-state index contributed by atoms with van der Waals surface area (Å²) in [5.41, 5.74) is 1.93. The van der Waals surface area contributed by atoms with Crippen LogP contribution >= 0.6 is 0 Å². The standard InChI is InChI=1S/C18H20N2O3.C8H7F3/c1-23-16-9-7-14(8-10-16)11-17(21)20-13-18(22)19-12-15-5-3-2-4-6-15;1-6-3-2-4-7(5-6)8(9,10)11/h2-10H,11-13H2,1H3,(H,19,22)(H,20,21);2-5H,1H3. The number of carbonyl (C=O) groups is 2. The molecule has 0 aliphatic heterocycles. The zero-order valence-corrected chi connectivity index (χ0v) is 19.0. The molecule has 180 valence electrons. The van der Waals surface area contributed by atoms with E-state index >= 15 is 0 Å². The number of ether oxygens (including phenoxy) is 1. The van der Waals surface area contributed by atoms with Crippen LogP contribution in [-0.2, 0) is 28.7 Å². The van der Waals surface area contributed by atoms with Gasteiger partial charge in [-0.1, -0.05) is 66.2 Å². The van der Waals surface area contributed by atoms with Crippen molar-refractivity contribution in [2.24, 2.45) is 0 Å². The smallest absolute Gasteiger partial charge is 0.416 e. The summed E-state index contributed by atoms with van der Waals surface area (Å²) in [6.07, 6.45) is -3.98. The van der Waals surface area contributed by atoms with E-state index in [0.717, 1.165) is 29.0 Å². The molecule has 3 rings (SSSR count). The third-order valence-corrected chi connectivity index (χ3v) is 4.65. The molecule has 5 nitrogen and oxygen atoms in total. The molecule has 0 aliphatic rings. The van der Waals surface area contributed by atoms with Gasteiger partial charge in [-0.25, -0.2) is 0 Å². The lowest BCUT2D eigenvalue weighted by Crippen LogP contribution is -2.37. The number of carbonyl (C=O) groups excluding carboxylic acids is 2. The minimum atomic E-state index is -4.22. The Morgan fingerprint density at radius 3 is 2.06 bits per heavy atom. The number of amides is 2. The number of alkyl halides is 3. The first-order chi connectivity index (χ1) is 16.2. The van der Waals surface area contributed by atoms with Crippen molar-refractivity contribution in [2.45, 2.75) is 26.1 Å². The van der Waals surface area contributed by atoms with Crippen molar-refractivity contribution < 1.29 is 27.5 Å². The fourth-order valence-electron chi connectivity index (χ4n) is 2.85. The first-order valence-electron chi connectivity index (χ1n) is 10.5. The van der Waals surface area contributed by atoms with Crippen LogP contribution in [0.5, 0.6) is 5.75 Å². The highest BCUT2D eigenvalue weighted by Gasteiger charge is 2.29. The molecule has 0 spiro atoms. The maximum atomic E-state index is 12.0. The van der Waals surface area contributed by atoms with Crippen molar-refractivity contribution in [1.82, 2.24) is 10.6 Å². The number of benzene rings is 3. The lowest BCUT2D eigenvalue weighted by atomic mass is 10.1. The van der Waals surface area contributed by atoms with Gasteiger partial charge in [0, 0.05) is 6.54 Å². The average Bonchev–Trinajstić information content (AvgIpc) is 2.82. The van der Waals surface area contributed by atoms with Gasteiger partial charge in [-0.3, -0.25) is 9.59 Å². The molecule has 0 atom stereocenters. The Labute approximate surface area is 197 Å². The van der Waals surface area contributed by atoms with E-state index in [-0.39, 0.29) is 24.8 Å². The van der Waals surface area contributed by atoms with Crippen molar-refractivity contribution in [3.63, 3.8) is 0 Å². The van der Waals surface area contributed by atoms with Crippen molar-refractivity contribution >= 4 is 11.8 Å². The zero-order valence-electron chi connectivity index (χ0n) is 19.0. The molecule has 0 saturated heterocycles. The van der Waals surface area contributed by atoms with Crippen LogP contribution in [0.25, 0.3) is 0 Å². The Morgan fingerprint density at radius 1 is 0.824 bits per heavy atom. The van der Waals surface area contributed by atoms with Crippen LogP contribution in [0, 0.1) is 6.92 Å². The van der Waals surface area contributed by atoms with E-state index in [0.29, 0.717) is 12.1 Å². The fraction of sp³-hybridized carbons (Fsp3) is 0.231. The first-order valence-corrected chi connectivity index (χ1v) is 10.5. The SMILES string of the molecule is COc1ccc(CC(=O)NCC(=O)NCc2ccccc2)cc1.Cc1cccc(C(F)(F)F)c1. The van der Waals surface area contributed by atoms with E-state index in [4.69, 9.17) is 4.74 Å². The molecule has 0 fully saturated rings. The highest BCUT2D eigenvalue weighted by molar-refractivity contribution is 5.85. The quantitative estimate of drug-likeness (QED) is 0.525. The average molecular weight is 473 g/mol. The van der Waals surface area contributed by atoms with Gasteiger partial charge in [0.25, 0.3) is 0 Å². The summed E-state index contributed by atoms with van der Waals surface area (Å²) in [6.45, 7) is 2.06. The van der Waals surface area contributed by atoms with E-state index in [1.807, 2.05) is 42.5 Å². The summed E-state index contributed by atoms with van der Waals surface area (Å²) >= 11 is 0. The molecule has 0 aromatic heterocycles. The second-order valence-corrected chi connectivity index (χ2v) is 7.43. The molecule has 0 bridgehead atoms. The number of halogens is 3. The van der Waals surface area contributed by atoms with Gasteiger partial charge in [0.05, 0.1) is 25.6 Å². The Balaban J connectivity index is 0.000000310. The summed E-state index contributed by atoms with van der Waals surface area (Å²) in [4.78, 5) is 23.5. The summed E-state index contributed by atoms with van der Waals surface area (Å²) in [7, 11) is 1.59. The highest BCUT2D eigenvalue weighted by atomic mass is 19.4. The number of hydrogen-bond donors (Lipinski definition) is 2. The lowest BCUT2D eigenvalue weighted by Gasteiger charge is -2.07. The monoisotopic (exact) mass is 472 g/mol. The number of aryl methyl sites for hydroxylation is 1. The zero-order chi connectivity index (χ0) is 25.0. The Hall–Kier alpha value is -3.81. The predicted octanol–water partition coefficient (Wildman–Crippen LogP) is 4.68. The van der Waals surface area contributed by atoms with Crippen molar-refractivity contribution in [2.75, 3.05) is 13.7 Å². The molecular formula is C26H27F3N2O3. The Morgan fingerprint density at radius 2 is 1.50 bits per heavy atom. The summed E-state index contributed by atoms with van der Waals surface area (Å²) in [5.74, 6) is 0.344. The molecule has 3 aromatic carbocycles. The molecule has 2 amide bonds. The molecule has 0 aliphatic carbocycles. The lowest BCUT2D eigenvalue weighted by molar-refractivity contribution is -0.137. The van der Waals surface area contributed by atoms with Gasteiger partial charge in [-0.2, -0.15) is 13.2 Å². The third-order valence-electron chi connectivity index (χ3n) is 4.65. The second-order valence-electron chi connectivity index (χ2n) is 7.43. The van der Waals surface area contributed by atoms with Gasteiger partial charge < -0.3 is 15.4 Å². The topological polar surface area (TPSA) is 67.4 Å². The van der Waals surface area contributed by atoms with Gasteiger partial charge in [0.1, 0.15) is 5.75 Å². The van der Waals surface area contributed by atoms with Crippen LogP contribution < -0.4 is 15.4 Å². The molecule has 0 saturated carbocycles. The number of rotatable bonds is 7. The highest BCUT2D eigenvalue weighted by Crippen LogP contribution is 2.29. The molecular weight excluding hydrogens is 445 g/mol.